The average molecular weight is 324 g/mol. The van der Waals surface area contributed by atoms with E-state index in [2.05, 4.69) is 4.98 Å². The zero-order valence-corrected chi connectivity index (χ0v) is 13.2. The third-order valence-corrected chi connectivity index (χ3v) is 3.10. The van der Waals surface area contributed by atoms with E-state index in [1.54, 1.807) is 13.8 Å². The largest absolute Gasteiger partial charge is 0.399 e. The molecule has 7 heteroatoms. The number of nitrogens with two attached hydrogens (primary N) is 1. The summed E-state index contributed by atoms with van der Waals surface area (Å²) in [6, 6.07) is 9.00. The summed E-state index contributed by atoms with van der Waals surface area (Å²) in [5.41, 5.74) is 8.27. The fourth-order valence-electron chi connectivity index (χ4n) is 1.81. The first-order chi connectivity index (χ1) is 10.3. The molecule has 0 saturated carbocycles. The molecule has 6 nitrogen and oxygen atoms in total. The number of aliphatic hydroxyl groups is 1. The molecule has 1 aromatic heterocycles. The van der Waals surface area contributed by atoms with E-state index in [1.807, 2.05) is 24.3 Å². The smallest absolute Gasteiger partial charge is 0.308 e. The molecule has 1 heterocycles. The average Bonchev–Trinajstić information content (AvgIpc) is 2.40. The van der Waals surface area contributed by atoms with Gasteiger partial charge in [0, 0.05) is 18.0 Å². The molecular weight excluding hydrogens is 306 g/mol. The van der Waals surface area contributed by atoms with Gasteiger partial charge in [0.05, 0.1) is 4.92 Å². The van der Waals surface area contributed by atoms with E-state index >= 15 is 0 Å². The minimum absolute atomic E-state index is 0.109. The van der Waals surface area contributed by atoms with Crippen molar-refractivity contribution in [2.75, 3.05) is 12.3 Å². The summed E-state index contributed by atoms with van der Waals surface area (Å²) in [4.78, 5) is 13.8. The van der Waals surface area contributed by atoms with Gasteiger partial charge in [-0.15, -0.1) is 0 Å². The number of nitrogens with zero attached hydrogens (tertiary/aromatic N) is 2. The lowest BCUT2D eigenvalue weighted by Crippen LogP contribution is -1.96. The fourth-order valence-corrected chi connectivity index (χ4v) is 2.17. The Balaban J connectivity index is 0.000000224. The third kappa shape index (κ3) is 5.31. The van der Waals surface area contributed by atoms with Gasteiger partial charge in [0.25, 0.3) is 0 Å². The number of halogens is 1. The maximum absolute atomic E-state index is 10.4. The number of nitrogen functional groups attached to an aromatic ring is 1. The Bertz CT molecular complexity index is 622. The molecule has 0 amide bonds. The Morgan fingerprint density at radius 1 is 1.32 bits per heavy atom. The summed E-state index contributed by atoms with van der Waals surface area (Å²) in [6.45, 7) is 3.50. The van der Waals surface area contributed by atoms with Crippen molar-refractivity contribution in [2.24, 2.45) is 0 Å². The lowest BCUT2D eigenvalue weighted by molar-refractivity contribution is -0.385. The number of pyridine rings is 1. The molecule has 0 aliphatic rings. The van der Waals surface area contributed by atoms with Gasteiger partial charge in [-0.25, -0.2) is 0 Å². The molecule has 3 N–H and O–H groups in total. The molecule has 0 spiro atoms. The first-order valence-corrected chi connectivity index (χ1v) is 6.96. The quantitative estimate of drug-likeness (QED) is 0.513. The highest BCUT2D eigenvalue weighted by Gasteiger charge is 2.17. The molecular formula is C15H18ClN3O3. The predicted molar refractivity (Wildman–Crippen MR) is 87.0 cm³/mol. The first-order valence-electron chi connectivity index (χ1n) is 6.58. The van der Waals surface area contributed by atoms with Gasteiger partial charge in [-0.05, 0) is 44.0 Å². The van der Waals surface area contributed by atoms with Crippen molar-refractivity contribution in [1.82, 2.24) is 4.98 Å². The number of aromatic nitrogens is 1. The van der Waals surface area contributed by atoms with Crippen LogP contribution in [0, 0.1) is 24.0 Å². The van der Waals surface area contributed by atoms with Gasteiger partial charge < -0.3 is 10.8 Å². The van der Waals surface area contributed by atoms with Crippen LogP contribution in [0.15, 0.2) is 30.3 Å². The molecule has 0 aliphatic carbocycles. The first kappa shape index (κ1) is 17.9. The SMILES string of the molecule is Cc1cc(Cl)c([N+](=O)[O-])c(C)n1.Nc1ccc(CCO)cc1. The topological polar surface area (TPSA) is 102 Å². The molecule has 0 fully saturated rings. The molecule has 2 rings (SSSR count). The second-order valence-electron chi connectivity index (χ2n) is 4.65. The standard InChI is InChI=1S/C8H11NO.C7H7ClN2O2/c9-8-3-1-7(2-4-8)5-6-10;1-4-3-6(8)7(10(11)12)5(2)9-4/h1-4,10H,5-6,9H2;3H,1-2H3. The van der Waals surface area contributed by atoms with E-state index in [9.17, 15) is 10.1 Å². The molecule has 118 valence electrons. The highest BCUT2D eigenvalue weighted by atomic mass is 35.5. The van der Waals surface area contributed by atoms with Crippen molar-refractivity contribution in [2.45, 2.75) is 20.3 Å². The molecule has 22 heavy (non-hydrogen) atoms. The lowest BCUT2D eigenvalue weighted by Gasteiger charge is -1.99. The zero-order chi connectivity index (χ0) is 16.7. The maximum Gasteiger partial charge on any atom is 0.308 e. The van der Waals surface area contributed by atoms with Crippen LogP contribution in [-0.4, -0.2) is 21.6 Å². The van der Waals surface area contributed by atoms with E-state index in [1.165, 1.54) is 6.07 Å². The van der Waals surface area contributed by atoms with Gasteiger partial charge in [0.1, 0.15) is 10.7 Å². The Morgan fingerprint density at radius 2 is 1.91 bits per heavy atom. The third-order valence-electron chi connectivity index (χ3n) is 2.81. The summed E-state index contributed by atoms with van der Waals surface area (Å²) in [5, 5.41) is 19.1. The van der Waals surface area contributed by atoms with E-state index in [0.29, 0.717) is 17.8 Å². The van der Waals surface area contributed by atoms with Crippen LogP contribution in [0.1, 0.15) is 17.0 Å². The number of aliphatic hydroxyl groups excluding tert-OH is 1. The molecule has 2 aromatic rings. The number of aryl methyl sites for hydroxylation is 2. The number of anilines is 1. The van der Waals surface area contributed by atoms with Gasteiger partial charge in [0.2, 0.25) is 0 Å². The second kappa shape index (κ2) is 8.31. The molecule has 1 aromatic carbocycles. The summed E-state index contributed by atoms with van der Waals surface area (Å²) < 4.78 is 0. The van der Waals surface area contributed by atoms with Crippen LogP contribution in [0.2, 0.25) is 5.02 Å². The van der Waals surface area contributed by atoms with Crippen molar-refractivity contribution in [3.8, 4) is 0 Å². The summed E-state index contributed by atoms with van der Waals surface area (Å²) >= 11 is 5.65. The normalized spacial score (nSPS) is 9.82. The maximum atomic E-state index is 10.4. The van der Waals surface area contributed by atoms with E-state index in [0.717, 1.165) is 11.3 Å². The van der Waals surface area contributed by atoms with Crippen molar-refractivity contribution in [1.29, 1.82) is 0 Å². The van der Waals surface area contributed by atoms with Crippen LogP contribution in [0.25, 0.3) is 0 Å². The Kier molecular flexibility index (Phi) is 6.75. The Morgan fingerprint density at radius 3 is 2.36 bits per heavy atom. The molecule has 0 bridgehead atoms. The molecule has 0 atom stereocenters. The van der Waals surface area contributed by atoms with Crippen molar-refractivity contribution in [3.63, 3.8) is 0 Å². The second-order valence-corrected chi connectivity index (χ2v) is 5.06. The lowest BCUT2D eigenvalue weighted by atomic mass is 10.1. The van der Waals surface area contributed by atoms with Crippen molar-refractivity contribution in [3.05, 3.63) is 62.4 Å². The fraction of sp³-hybridized carbons (Fsp3) is 0.267. The van der Waals surface area contributed by atoms with Crippen LogP contribution in [-0.2, 0) is 6.42 Å². The van der Waals surface area contributed by atoms with Gasteiger partial charge in [-0.1, -0.05) is 23.7 Å². The highest BCUT2D eigenvalue weighted by molar-refractivity contribution is 6.32. The van der Waals surface area contributed by atoms with Crippen LogP contribution >= 0.6 is 11.6 Å². The number of hydrogen-bond acceptors (Lipinski definition) is 5. The van der Waals surface area contributed by atoms with Crippen LogP contribution in [0.4, 0.5) is 11.4 Å². The van der Waals surface area contributed by atoms with Crippen LogP contribution in [0.5, 0.6) is 0 Å². The number of nitro groups is 1. The Hall–Kier alpha value is -2.18. The van der Waals surface area contributed by atoms with Crippen LogP contribution in [0.3, 0.4) is 0 Å². The number of benzene rings is 1. The monoisotopic (exact) mass is 323 g/mol. The molecule has 0 saturated heterocycles. The molecule has 0 radical (unpaired) electrons. The minimum Gasteiger partial charge on any atom is -0.399 e. The molecule has 0 aliphatic heterocycles. The van der Waals surface area contributed by atoms with Crippen molar-refractivity contribution >= 4 is 23.0 Å². The number of rotatable bonds is 3. The number of hydrogen-bond donors (Lipinski definition) is 2. The van der Waals surface area contributed by atoms with Crippen LogP contribution < -0.4 is 5.73 Å². The minimum atomic E-state index is -0.524. The zero-order valence-electron chi connectivity index (χ0n) is 12.4. The summed E-state index contributed by atoms with van der Waals surface area (Å²) in [5.74, 6) is 0. The van der Waals surface area contributed by atoms with E-state index in [4.69, 9.17) is 22.4 Å². The van der Waals surface area contributed by atoms with E-state index < -0.39 is 4.92 Å². The van der Waals surface area contributed by atoms with Gasteiger partial charge >= 0.3 is 5.69 Å². The van der Waals surface area contributed by atoms with Crippen molar-refractivity contribution < 1.29 is 10.0 Å². The predicted octanol–water partition coefficient (Wildman–Crippen LogP) is 3.06. The summed E-state index contributed by atoms with van der Waals surface area (Å²) in [6.07, 6.45) is 0.709. The van der Waals surface area contributed by atoms with Gasteiger partial charge in [-0.3, -0.25) is 15.1 Å². The van der Waals surface area contributed by atoms with Gasteiger partial charge in [-0.2, -0.15) is 0 Å². The summed E-state index contributed by atoms with van der Waals surface area (Å²) in [7, 11) is 0. The molecule has 0 unspecified atom stereocenters. The van der Waals surface area contributed by atoms with E-state index in [-0.39, 0.29) is 17.3 Å². The Labute approximate surface area is 133 Å². The van der Waals surface area contributed by atoms with Gasteiger partial charge in [0.15, 0.2) is 0 Å². The highest BCUT2D eigenvalue weighted by Crippen LogP contribution is 2.26.